The molecule has 0 aliphatic rings. The Balaban J connectivity index is 1.80. The van der Waals surface area contributed by atoms with E-state index in [0.717, 1.165) is 24.4 Å². The van der Waals surface area contributed by atoms with Gasteiger partial charge in [0.05, 0.1) is 6.61 Å². The van der Waals surface area contributed by atoms with Gasteiger partial charge < -0.3 is 10.1 Å². The van der Waals surface area contributed by atoms with Crippen LogP contribution in [0.4, 0.5) is 5.69 Å². The minimum atomic E-state index is 0.709. The van der Waals surface area contributed by atoms with Crippen LogP contribution in [-0.4, -0.2) is 13.2 Å². The molecule has 0 saturated heterocycles. The van der Waals surface area contributed by atoms with Crippen molar-refractivity contribution in [1.29, 1.82) is 0 Å². The van der Waals surface area contributed by atoms with E-state index >= 15 is 0 Å². The number of rotatable bonds is 6. The van der Waals surface area contributed by atoms with Gasteiger partial charge in [-0.05, 0) is 43.2 Å². The van der Waals surface area contributed by atoms with Crippen molar-refractivity contribution in [2.45, 2.75) is 13.3 Å². The van der Waals surface area contributed by atoms with E-state index in [1.54, 1.807) is 0 Å². The molecule has 0 heterocycles. The highest BCUT2D eigenvalue weighted by Crippen LogP contribution is 2.15. The summed E-state index contributed by atoms with van der Waals surface area (Å²) in [6, 6.07) is 18.6. The Hall–Kier alpha value is -1.96. The summed E-state index contributed by atoms with van der Waals surface area (Å²) in [5.74, 6) is 0.922. The molecular formula is C16H19NO. The van der Waals surface area contributed by atoms with Crippen molar-refractivity contribution >= 4 is 5.69 Å². The molecule has 2 aromatic rings. The van der Waals surface area contributed by atoms with Crippen LogP contribution < -0.4 is 10.1 Å². The van der Waals surface area contributed by atoms with Crippen molar-refractivity contribution in [3.8, 4) is 5.75 Å². The average molecular weight is 241 g/mol. The van der Waals surface area contributed by atoms with Crippen molar-refractivity contribution in [3.05, 3.63) is 60.2 Å². The lowest BCUT2D eigenvalue weighted by molar-refractivity contribution is 0.340. The van der Waals surface area contributed by atoms with E-state index in [9.17, 15) is 0 Å². The molecule has 0 saturated carbocycles. The van der Waals surface area contributed by atoms with Gasteiger partial charge in [-0.1, -0.05) is 30.3 Å². The second-order valence-corrected chi connectivity index (χ2v) is 4.12. The third-order valence-electron chi connectivity index (χ3n) is 2.75. The molecule has 0 bridgehead atoms. The Morgan fingerprint density at radius 3 is 2.33 bits per heavy atom. The lowest BCUT2D eigenvalue weighted by Gasteiger charge is -2.08. The summed E-state index contributed by atoms with van der Waals surface area (Å²) in [6.07, 6.45) is 1.04. The highest BCUT2D eigenvalue weighted by atomic mass is 16.5. The molecular weight excluding hydrogens is 222 g/mol. The summed E-state index contributed by atoms with van der Waals surface area (Å²) in [6.45, 7) is 3.64. The maximum absolute atomic E-state index is 5.41. The van der Waals surface area contributed by atoms with Crippen LogP contribution in [0, 0.1) is 0 Å². The summed E-state index contributed by atoms with van der Waals surface area (Å²) in [4.78, 5) is 0. The zero-order valence-electron chi connectivity index (χ0n) is 10.7. The minimum Gasteiger partial charge on any atom is -0.494 e. The first kappa shape index (κ1) is 12.5. The molecule has 94 valence electrons. The molecule has 0 unspecified atom stereocenters. The first-order chi connectivity index (χ1) is 8.88. The number of hydrogen-bond acceptors (Lipinski definition) is 2. The number of hydrogen-bond donors (Lipinski definition) is 1. The second kappa shape index (κ2) is 6.70. The summed E-state index contributed by atoms with van der Waals surface area (Å²) in [5.41, 5.74) is 2.49. The predicted molar refractivity (Wildman–Crippen MR) is 76.2 cm³/mol. The van der Waals surface area contributed by atoms with E-state index < -0.39 is 0 Å². The second-order valence-electron chi connectivity index (χ2n) is 4.12. The van der Waals surface area contributed by atoms with Crippen LogP contribution in [0.3, 0.4) is 0 Å². The first-order valence-corrected chi connectivity index (χ1v) is 6.39. The largest absolute Gasteiger partial charge is 0.494 e. The van der Waals surface area contributed by atoms with Crippen molar-refractivity contribution in [2.75, 3.05) is 18.5 Å². The van der Waals surface area contributed by atoms with Crippen LogP contribution in [0.25, 0.3) is 0 Å². The Labute approximate surface area is 109 Å². The SMILES string of the molecule is CCOc1ccc(NCCc2ccccc2)cc1. The third kappa shape index (κ3) is 3.81. The fourth-order valence-electron chi connectivity index (χ4n) is 1.83. The van der Waals surface area contributed by atoms with Crippen molar-refractivity contribution in [1.82, 2.24) is 0 Å². The summed E-state index contributed by atoms with van der Waals surface area (Å²) in [7, 11) is 0. The molecule has 0 aliphatic carbocycles. The van der Waals surface area contributed by atoms with E-state index in [2.05, 4.69) is 41.7 Å². The van der Waals surface area contributed by atoms with Crippen molar-refractivity contribution in [2.24, 2.45) is 0 Å². The van der Waals surface area contributed by atoms with Gasteiger partial charge >= 0.3 is 0 Å². The predicted octanol–water partition coefficient (Wildman–Crippen LogP) is 3.74. The van der Waals surface area contributed by atoms with Crippen LogP contribution in [0.5, 0.6) is 5.75 Å². The Bertz CT molecular complexity index is 450. The highest BCUT2D eigenvalue weighted by molar-refractivity contribution is 5.46. The molecule has 18 heavy (non-hydrogen) atoms. The minimum absolute atomic E-state index is 0.709. The number of anilines is 1. The lowest BCUT2D eigenvalue weighted by atomic mass is 10.1. The zero-order chi connectivity index (χ0) is 12.6. The molecule has 1 N–H and O–H groups in total. The van der Waals surface area contributed by atoms with Crippen LogP contribution in [0.15, 0.2) is 54.6 Å². The maximum Gasteiger partial charge on any atom is 0.119 e. The van der Waals surface area contributed by atoms with Gasteiger partial charge in [-0.2, -0.15) is 0 Å². The fraction of sp³-hybridized carbons (Fsp3) is 0.250. The van der Waals surface area contributed by atoms with E-state index in [1.165, 1.54) is 5.56 Å². The first-order valence-electron chi connectivity index (χ1n) is 6.39. The Morgan fingerprint density at radius 2 is 1.67 bits per heavy atom. The van der Waals surface area contributed by atoms with E-state index in [1.807, 2.05) is 25.1 Å². The van der Waals surface area contributed by atoms with Gasteiger partial charge in [0.25, 0.3) is 0 Å². The van der Waals surface area contributed by atoms with E-state index in [-0.39, 0.29) is 0 Å². The van der Waals surface area contributed by atoms with Gasteiger partial charge in [-0.15, -0.1) is 0 Å². The molecule has 2 rings (SSSR count). The van der Waals surface area contributed by atoms with Gasteiger partial charge in [0.2, 0.25) is 0 Å². The molecule has 0 radical (unpaired) electrons. The molecule has 0 spiro atoms. The quantitative estimate of drug-likeness (QED) is 0.831. The van der Waals surface area contributed by atoms with Crippen molar-refractivity contribution < 1.29 is 4.74 Å². The molecule has 0 aliphatic heterocycles. The summed E-state index contributed by atoms with van der Waals surface area (Å²) >= 11 is 0. The van der Waals surface area contributed by atoms with Crippen molar-refractivity contribution in [3.63, 3.8) is 0 Å². The topological polar surface area (TPSA) is 21.3 Å². The lowest BCUT2D eigenvalue weighted by Crippen LogP contribution is -2.04. The monoisotopic (exact) mass is 241 g/mol. The van der Waals surface area contributed by atoms with Crippen LogP contribution in [0.2, 0.25) is 0 Å². The number of nitrogens with one attached hydrogen (secondary N) is 1. The van der Waals surface area contributed by atoms with E-state index in [4.69, 9.17) is 4.74 Å². The standard InChI is InChI=1S/C16H19NO/c1-2-18-16-10-8-15(9-11-16)17-13-12-14-6-4-3-5-7-14/h3-11,17H,2,12-13H2,1H3. The van der Waals surface area contributed by atoms with Crippen LogP contribution in [0.1, 0.15) is 12.5 Å². The van der Waals surface area contributed by atoms with Gasteiger partial charge in [-0.25, -0.2) is 0 Å². The molecule has 2 heteroatoms. The van der Waals surface area contributed by atoms with Gasteiger partial charge in [0.1, 0.15) is 5.75 Å². The summed E-state index contributed by atoms with van der Waals surface area (Å²) in [5, 5.41) is 3.41. The molecule has 0 atom stereocenters. The number of ether oxygens (including phenoxy) is 1. The van der Waals surface area contributed by atoms with Crippen LogP contribution in [-0.2, 0) is 6.42 Å². The van der Waals surface area contributed by atoms with E-state index in [0.29, 0.717) is 6.61 Å². The Kier molecular flexibility index (Phi) is 4.65. The third-order valence-corrected chi connectivity index (χ3v) is 2.75. The van der Waals surface area contributed by atoms with Gasteiger partial charge in [0.15, 0.2) is 0 Å². The summed E-state index contributed by atoms with van der Waals surface area (Å²) < 4.78 is 5.41. The average Bonchev–Trinajstić information content (AvgIpc) is 2.42. The molecule has 2 nitrogen and oxygen atoms in total. The molecule has 0 amide bonds. The fourth-order valence-corrected chi connectivity index (χ4v) is 1.83. The maximum atomic E-state index is 5.41. The zero-order valence-corrected chi connectivity index (χ0v) is 10.7. The van der Waals surface area contributed by atoms with Gasteiger partial charge in [0, 0.05) is 12.2 Å². The molecule has 2 aromatic carbocycles. The normalized spacial score (nSPS) is 10.1. The van der Waals surface area contributed by atoms with Crippen LogP contribution >= 0.6 is 0 Å². The smallest absolute Gasteiger partial charge is 0.119 e. The molecule has 0 aromatic heterocycles. The van der Waals surface area contributed by atoms with Gasteiger partial charge in [-0.3, -0.25) is 0 Å². The molecule has 0 fully saturated rings. The number of benzene rings is 2. The highest BCUT2D eigenvalue weighted by Gasteiger charge is 1.95. The Morgan fingerprint density at radius 1 is 0.944 bits per heavy atom.